The molecule has 114 valence electrons. The number of nitrogens with zero attached hydrogens (tertiary/aromatic N) is 1. The number of rotatable bonds is 6. The third-order valence-electron chi connectivity index (χ3n) is 2.49. The molecule has 1 atom stereocenters. The van der Waals surface area contributed by atoms with Crippen LogP contribution in [0.25, 0.3) is 0 Å². The third-order valence-corrected chi connectivity index (χ3v) is 2.49. The maximum absolute atomic E-state index is 13.4. The van der Waals surface area contributed by atoms with Gasteiger partial charge in [-0.2, -0.15) is 0 Å². The van der Waals surface area contributed by atoms with E-state index in [1.54, 1.807) is 25.2 Å². The van der Waals surface area contributed by atoms with Crippen LogP contribution in [-0.4, -0.2) is 32.2 Å². The number of aliphatic imine (C=N–C) groups is 1. The van der Waals surface area contributed by atoms with Crippen LogP contribution in [0, 0.1) is 5.82 Å². The van der Waals surface area contributed by atoms with Gasteiger partial charge in [-0.25, -0.2) is 4.39 Å². The van der Waals surface area contributed by atoms with E-state index in [0.717, 1.165) is 18.9 Å². The van der Waals surface area contributed by atoms with Gasteiger partial charge in [0.25, 0.3) is 0 Å². The van der Waals surface area contributed by atoms with Gasteiger partial charge in [-0.3, -0.25) is 4.99 Å². The molecule has 0 saturated carbocycles. The Labute approximate surface area is 137 Å². The van der Waals surface area contributed by atoms with Crippen molar-refractivity contribution in [2.24, 2.45) is 4.99 Å². The van der Waals surface area contributed by atoms with Crippen LogP contribution in [0.4, 0.5) is 4.39 Å². The van der Waals surface area contributed by atoms with Crippen molar-refractivity contribution in [2.75, 3.05) is 20.1 Å². The van der Waals surface area contributed by atoms with E-state index in [1.807, 2.05) is 6.92 Å². The van der Waals surface area contributed by atoms with E-state index < -0.39 is 0 Å². The van der Waals surface area contributed by atoms with Crippen LogP contribution < -0.4 is 15.4 Å². The van der Waals surface area contributed by atoms with Gasteiger partial charge in [0.1, 0.15) is 6.10 Å². The number of halogens is 2. The van der Waals surface area contributed by atoms with Crippen LogP contribution in [0.5, 0.6) is 5.75 Å². The van der Waals surface area contributed by atoms with Gasteiger partial charge in [-0.1, -0.05) is 19.1 Å². The van der Waals surface area contributed by atoms with Crippen LogP contribution in [0.15, 0.2) is 29.3 Å². The second-order valence-electron chi connectivity index (χ2n) is 4.24. The van der Waals surface area contributed by atoms with Crippen molar-refractivity contribution in [1.29, 1.82) is 0 Å². The predicted molar refractivity (Wildman–Crippen MR) is 91.6 cm³/mol. The van der Waals surface area contributed by atoms with Crippen molar-refractivity contribution in [1.82, 2.24) is 10.6 Å². The molecule has 6 heteroatoms. The second-order valence-corrected chi connectivity index (χ2v) is 4.24. The first-order chi connectivity index (χ1) is 9.17. The summed E-state index contributed by atoms with van der Waals surface area (Å²) in [7, 11) is 1.72. The highest BCUT2D eigenvalue weighted by Gasteiger charge is 2.08. The molecular formula is C14H23FIN3O. The Morgan fingerprint density at radius 2 is 2.05 bits per heavy atom. The lowest BCUT2D eigenvalue weighted by molar-refractivity contribution is 0.214. The molecule has 4 nitrogen and oxygen atoms in total. The molecule has 0 radical (unpaired) electrons. The van der Waals surface area contributed by atoms with Gasteiger partial charge in [0, 0.05) is 13.6 Å². The summed E-state index contributed by atoms with van der Waals surface area (Å²) in [5.74, 6) is 0.655. The number of hydrogen-bond donors (Lipinski definition) is 2. The molecule has 0 aromatic heterocycles. The van der Waals surface area contributed by atoms with Gasteiger partial charge in [-0.05, 0) is 25.5 Å². The standard InChI is InChI=1S/C14H22FN3O.HI/c1-4-9-17-14(16-3)18-10-11(2)19-13-8-6-5-7-12(13)15;/h5-8,11H,4,9-10H2,1-3H3,(H2,16,17,18);1H. The Morgan fingerprint density at radius 3 is 2.65 bits per heavy atom. The van der Waals surface area contributed by atoms with E-state index in [2.05, 4.69) is 22.5 Å². The topological polar surface area (TPSA) is 45.7 Å². The fraction of sp³-hybridized carbons (Fsp3) is 0.500. The van der Waals surface area contributed by atoms with Crippen LogP contribution in [0.3, 0.4) is 0 Å². The van der Waals surface area contributed by atoms with Crippen molar-refractivity contribution in [3.8, 4) is 5.75 Å². The van der Waals surface area contributed by atoms with Gasteiger partial charge < -0.3 is 15.4 Å². The molecule has 1 aromatic carbocycles. The molecule has 0 spiro atoms. The van der Waals surface area contributed by atoms with Gasteiger partial charge >= 0.3 is 0 Å². The van der Waals surface area contributed by atoms with Crippen LogP contribution in [0.1, 0.15) is 20.3 Å². The molecule has 0 bridgehead atoms. The van der Waals surface area contributed by atoms with E-state index >= 15 is 0 Å². The molecule has 0 amide bonds. The normalized spacial score (nSPS) is 12.3. The summed E-state index contributed by atoms with van der Waals surface area (Å²) in [6.07, 6.45) is 0.874. The van der Waals surface area contributed by atoms with Crippen LogP contribution in [0.2, 0.25) is 0 Å². The highest BCUT2D eigenvalue weighted by atomic mass is 127. The fourth-order valence-corrected chi connectivity index (χ4v) is 1.50. The Balaban J connectivity index is 0.00000361. The lowest BCUT2D eigenvalue weighted by Gasteiger charge is -2.17. The Kier molecular flexibility index (Phi) is 10.1. The zero-order valence-corrected chi connectivity index (χ0v) is 14.5. The number of nitrogens with one attached hydrogen (secondary N) is 2. The quantitative estimate of drug-likeness (QED) is 0.443. The zero-order valence-electron chi connectivity index (χ0n) is 12.1. The Hall–Kier alpha value is -1.05. The van der Waals surface area contributed by atoms with Crippen LogP contribution in [-0.2, 0) is 0 Å². The lowest BCUT2D eigenvalue weighted by atomic mass is 10.3. The first-order valence-electron chi connectivity index (χ1n) is 6.53. The molecule has 0 fully saturated rings. The largest absolute Gasteiger partial charge is 0.486 e. The fourth-order valence-electron chi connectivity index (χ4n) is 1.50. The van der Waals surface area contributed by atoms with E-state index in [9.17, 15) is 4.39 Å². The van der Waals surface area contributed by atoms with E-state index in [-0.39, 0.29) is 41.6 Å². The molecule has 1 aromatic rings. The summed E-state index contributed by atoms with van der Waals surface area (Å²) in [6.45, 7) is 5.39. The van der Waals surface area contributed by atoms with E-state index in [1.165, 1.54) is 6.07 Å². The number of ether oxygens (including phenoxy) is 1. The summed E-state index contributed by atoms with van der Waals surface area (Å²) < 4.78 is 18.9. The van der Waals surface area contributed by atoms with Crippen LogP contribution >= 0.6 is 24.0 Å². The summed E-state index contributed by atoms with van der Waals surface area (Å²) in [4.78, 5) is 4.09. The summed E-state index contributed by atoms with van der Waals surface area (Å²) in [5.41, 5.74) is 0. The summed E-state index contributed by atoms with van der Waals surface area (Å²) >= 11 is 0. The minimum absolute atomic E-state index is 0. The highest BCUT2D eigenvalue weighted by molar-refractivity contribution is 14.0. The molecular weight excluding hydrogens is 372 g/mol. The van der Waals surface area contributed by atoms with Crippen molar-refractivity contribution in [2.45, 2.75) is 26.4 Å². The maximum Gasteiger partial charge on any atom is 0.191 e. The lowest BCUT2D eigenvalue weighted by Crippen LogP contribution is -2.42. The predicted octanol–water partition coefficient (Wildman–Crippen LogP) is 2.79. The van der Waals surface area contributed by atoms with Gasteiger partial charge in [-0.15, -0.1) is 24.0 Å². The average molecular weight is 395 g/mol. The van der Waals surface area contributed by atoms with Gasteiger partial charge in [0.15, 0.2) is 17.5 Å². The Morgan fingerprint density at radius 1 is 1.35 bits per heavy atom. The summed E-state index contributed by atoms with van der Waals surface area (Å²) in [6, 6.07) is 6.40. The highest BCUT2D eigenvalue weighted by Crippen LogP contribution is 2.16. The number of para-hydroxylation sites is 1. The third kappa shape index (κ3) is 6.93. The van der Waals surface area contributed by atoms with Gasteiger partial charge in [0.05, 0.1) is 6.54 Å². The van der Waals surface area contributed by atoms with E-state index in [4.69, 9.17) is 4.74 Å². The molecule has 1 unspecified atom stereocenters. The SMILES string of the molecule is CCCNC(=NC)NCC(C)Oc1ccccc1F.I. The van der Waals surface area contributed by atoms with Crippen molar-refractivity contribution in [3.05, 3.63) is 30.1 Å². The molecule has 0 aliphatic heterocycles. The first-order valence-corrected chi connectivity index (χ1v) is 6.53. The minimum atomic E-state index is -0.345. The maximum atomic E-state index is 13.4. The monoisotopic (exact) mass is 395 g/mol. The molecule has 0 aliphatic carbocycles. The van der Waals surface area contributed by atoms with Crippen molar-refractivity contribution in [3.63, 3.8) is 0 Å². The van der Waals surface area contributed by atoms with Gasteiger partial charge in [0.2, 0.25) is 0 Å². The molecule has 20 heavy (non-hydrogen) atoms. The molecule has 1 rings (SSSR count). The number of benzene rings is 1. The molecule has 0 saturated heterocycles. The molecule has 0 heterocycles. The average Bonchev–Trinajstić information content (AvgIpc) is 2.41. The number of guanidine groups is 1. The van der Waals surface area contributed by atoms with Crippen molar-refractivity contribution >= 4 is 29.9 Å². The molecule has 2 N–H and O–H groups in total. The second kappa shape index (κ2) is 10.7. The molecule has 0 aliphatic rings. The van der Waals surface area contributed by atoms with Crippen molar-refractivity contribution < 1.29 is 9.13 Å². The van der Waals surface area contributed by atoms with E-state index in [0.29, 0.717) is 6.54 Å². The summed E-state index contributed by atoms with van der Waals surface area (Å²) in [5, 5.41) is 6.29. The Bertz CT molecular complexity index is 415. The number of hydrogen-bond acceptors (Lipinski definition) is 2. The first kappa shape index (κ1) is 18.9. The minimum Gasteiger partial charge on any atom is -0.486 e. The zero-order chi connectivity index (χ0) is 14.1. The smallest absolute Gasteiger partial charge is 0.191 e.